The van der Waals surface area contributed by atoms with E-state index < -0.39 is 23.5 Å². The molecule has 8 heteroatoms. The number of benzene rings is 2. The Balaban J connectivity index is 1.75. The first-order chi connectivity index (χ1) is 12.4. The van der Waals surface area contributed by atoms with Crippen molar-refractivity contribution in [3.05, 3.63) is 58.9 Å². The highest BCUT2D eigenvalue weighted by Crippen LogP contribution is 2.29. The first-order valence-corrected chi connectivity index (χ1v) is 8.19. The molecule has 0 saturated carbocycles. The molecule has 6 nitrogen and oxygen atoms in total. The number of halogens is 2. The van der Waals surface area contributed by atoms with Crippen LogP contribution < -0.4 is 16.0 Å². The molecule has 0 radical (unpaired) electrons. The van der Waals surface area contributed by atoms with Gasteiger partial charge in [-0.3, -0.25) is 14.4 Å². The number of rotatable bonds is 4. The molecule has 3 rings (SSSR count). The van der Waals surface area contributed by atoms with Crippen molar-refractivity contribution < 1.29 is 18.8 Å². The highest BCUT2D eigenvalue weighted by Gasteiger charge is 2.35. The van der Waals surface area contributed by atoms with Crippen LogP contribution in [0.5, 0.6) is 0 Å². The van der Waals surface area contributed by atoms with E-state index in [1.165, 1.54) is 29.2 Å². The van der Waals surface area contributed by atoms with E-state index in [4.69, 9.17) is 17.3 Å². The van der Waals surface area contributed by atoms with Gasteiger partial charge in [0.25, 0.3) is 5.91 Å². The Hall–Kier alpha value is -2.93. The lowest BCUT2D eigenvalue weighted by Gasteiger charge is -2.17. The summed E-state index contributed by atoms with van der Waals surface area (Å²) in [7, 11) is 0. The van der Waals surface area contributed by atoms with Crippen molar-refractivity contribution in [1.82, 2.24) is 0 Å². The quantitative estimate of drug-likeness (QED) is 0.860. The zero-order valence-corrected chi connectivity index (χ0v) is 14.3. The summed E-state index contributed by atoms with van der Waals surface area (Å²) in [5, 5.41) is 2.54. The van der Waals surface area contributed by atoms with Crippen LogP contribution in [0, 0.1) is 11.7 Å². The van der Waals surface area contributed by atoms with Gasteiger partial charge >= 0.3 is 0 Å². The fraction of sp³-hybridized carbons (Fsp3) is 0.167. The fourth-order valence-electron chi connectivity index (χ4n) is 2.83. The number of nitrogens with zero attached hydrogens (tertiary/aromatic N) is 1. The fourth-order valence-corrected chi connectivity index (χ4v) is 3.00. The number of nitrogens with one attached hydrogen (secondary N) is 1. The Labute approximate surface area is 153 Å². The van der Waals surface area contributed by atoms with E-state index in [2.05, 4.69) is 5.32 Å². The first-order valence-electron chi connectivity index (χ1n) is 7.82. The number of carbonyl (C=O) groups is 3. The number of primary amides is 1. The van der Waals surface area contributed by atoms with E-state index in [-0.39, 0.29) is 29.5 Å². The summed E-state index contributed by atoms with van der Waals surface area (Å²) < 4.78 is 13.3. The van der Waals surface area contributed by atoms with Crippen molar-refractivity contribution in [2.45, 2.75) is 6.42 Å². The van der Waals surface area contributed by atoms with Crippen LogP contribution in [0.1, 0.15) is 16.8 Å². The maximum absolute atomic E-state index is 13.3. The molecule has 0 aromatic heterocycles. The standard InChI is InChI=1S/C18H15ClFN3O3/c19-13-8-11(5-6-14(13)20)23-9-10(7-16(23)24)18(26)22-15-4-2-1-3-12(15)17(21)25/h1-6,8,10H,7,9H2,(H2,21,25)(H,22,26)/t10-/m0/s1. The smallest absolute Gasteiger partial charge is 0.250 e. The van der Waals surface area contributed by atoms with Gasteiger partial charge < -0.3 is 16.0 Å². The molecule has 0 unspecified atom stereocenters. The van der Waals surface area contributed by atoms with E-state index in [0.29, 0.717) is 11.4 Å². The Kier molecular flexibility index (Phi) is 4.90. The van der Waals surface area contributed by atoms with Gasteiger partial charge in [-0.25, -0.2) is 4.39 Å². The van der Waals surface area contributed by atoms with Gasteiger partial charge in [-0.05, 0) is 30.3 Å². The zero-order valence-electron chi connectivity index (χ0n) is 13.5. The Morgan fingerprint density at radius 2 is 1.96 bits per heavy atom. The lowest BCUT2D eigenvalue weighted by molar-refractivity contribution is -0.122. The third-order valence-electron chi connectivity index (χ3n) is 4.16. The van der Waals surface area contributed by atoms with Crippen LogP contribution in [0.2, 0.25) is 5.02 Å². The number of nitrogens with two attached hydrogens (primary N) is 1. The second kappa shape index (κ2) is 7.13. The molecule has 1 aliphatic rings. The third kappa shape index (κ3) is 3.52. The number of carbonyl (C=O) groups excluding carboxylic acids is 3. The van der Waals surface area contributed by atoms with Gasteiger partial charge in [0, 0.05) is 18.7 Å². The highest BCUT2D eigenvalue weighted by molar-refractivity contribution is 6.31. The van der Waals surface area contributed by atoms with Crippen molar-refractivity contribution in [3.63, 3.8) is 0 Å². The first kappa shape index (κ1) is 17.9. The average molecular weight is 376 g/mol. The number of amides is 3. The molecule has 1 fully saturated rings. The number of hydrogen-bond donors (Lipinski definition) is 2. The van der Waals surface area contributed by atoms with Gasteiger partial charge in [-0.15, -0.1) is 0 Å². The Morgan fingerprint density at radius 3 is 2.65 bits per heavy atom. The molecule has 3 N–H and O–H groups in total. The normalized spacial score (nSPS) is 16.6. The van der Waals surface area contributed by atoms with Crippen LogP contribution in [0.25, 0.3) is 0 Å². The minimum Gasteiger partial charge on any atom is -0.366 e. The van der Waals surface area contributed by atoms with Gasteiger partial charge in [0.2, 0.25) is 11.8 Å². The minimum absolute atomic E-state index is 0.000429. The molecular weight excluding hydrogens is 361 g/mol. The molecule has 0 aliphatic carbocycles. The van der Waals surface area contributed by atoms with E-state index >= 15 is 0 Å². The molecule has 1 atom stereocenters. The summed E-state index contributed by atoms with van der Waals surface area (Å²) in [6, 6.07) is 10.3. The molecule has 1 saturated heterocycles. The lowest BCUT2D eigenvalue weighted by atomic mass is 10.1. The molecular formula is C18H15ClFN3O3. The largest absolute Gasteiger partial charge is 0.366 e. The molecule has 26 heavy (non-hydrogen) atoms. The van der Waals surface area contributed by atoms with Gasteiger partial charge in [0.15, 0.2) is 0 Å². The summed E-state index contributed by atoms with van der Waals surface area (Å²) in [6.07, 6.45) is -0.000429. The minimum atomic E-state index is -0.661. The molecule has 2 aromatic carbocycles. The number of anilines is 2. The van der Waals surface area contributed by atoms with Crippen molar-refractivity contribution >= 4 is 40.7 Å². The highest BCUT2D eigenvalue weighted by atomic mass is 35.5. The van der Waals surface area contributed by atoms with Gasteiger partial charge in [-0.2, -0.15) is 0 Å². The third-order valence-corrected chi connectivity index (χ3v) is 4.45. The van der Waals surface area contributed by atoms with Gasteiger partial charge in [0.05, 0.1) is 22.2 Å². The molecule has 134 valence electrons. The van der Waals surface area contributed by atoms with Crippen molar-refractivity contribution in [2.24, 2.45) is 11.7 Å². The van der Waals surface area contributed by atoms with Crippen LogP contribution in [0.4, 0.5) is 15.8 Å². The summed E-state index contributed by atoms with van der Waals surface area (Å²) in [6.45, 7) is 0.130. The summed E-state index contributed by atoms with van der Waals surface area (Å²) in [5.74, 6) is -2.53. The molecule has 3 amide bonds. The lowest BCUT2D eigenvalue weighted by Crippen LogP contribution is -2.28. The van der Waals surface area contributed by atoms with Crippen LogP contribution >= 0.6 is 11.6 Å². The molecule has 1 aliphatic heterocycles. The maximum atomic E-state index is 13.3. The van der Waals surface area contributed by atoms with Crippen molar-refractivity contribution in [2.75, 3.05) is 16.8 Å². The van der Waals surface area contributed by atoms with E-state index in [1.807, 2.05) is 0 Å². The number of hydrogen-bond acceptors (Lipinski definition) is 3. The van der Waals surface area contributed by atoms with Gasteiger partial charge in [0.1, 0.15) is 5.82 Å². The van der Waals surface area contributed by atoms with Crippen molar-refractivity contribution in [1.29, 1.82) is 0 Å². The van der Waals surface area contributed by atoms with Gasteiger partial charge in [-0.1, -0.05) is 23.7 Å². The van der Waals surface area contributed by atoms with E-state index in [1.54, 1.807) is 18.2 Å². The predicted octanol–water partition coefficient (Wildman–Crippen LogP) is 2.57. The van der Waals surface area contributed by atoms with Crippen molar-refractivity contribution in [3.8, 4) is 0 Å². The number of para-hydroxylation sites is 1. The summed E-state index contributed by atoms with van der Waals surface area (Å²) >= 11 is 5.76. The summed E-state index contributed by atoms with van der Waals surface area (Å²) in [4.78, 5) is 37.6. The average Bonchev–Trinajstić information content (AvgIpc) is 2.99. The zero-order chi connectivity index (χ0) is 18.8. The molecule has 2 aromatic rings. The molecule has 0 spiro atoms. The second-order valence-corrected chi connectivity index (χ2v) is 6.31. The van der Waals surface area contributed by atoms with E-state index in [9.17, 15) is 18.8 Å². The van der Waals surface area contributed by atoms with Crippen LogP contribution in [0.3, 0.4) is 0 Å². The molecule has 0 bridgehead atoms. The summed E-state index contributed by atoms with van der Waals surface area (Å²) in [5.41, 5.74) is 6.20. The Bertz CT molecular complexity index is 903. The monoisotopic (exact) mass is 375 g/mol. The SMILES string of the molecule is NC(=O)c1ccccc1NC(=O)[C@H]1CC(=O)N(c2ccc(F)c(Cl)c2)C1. The maximum Gasteiger partial charge on any atom is 0.250 e. The topological polar surface area (TPSA) is 92.5 Å². The Morgan fingerprint density at radius 1 is 1.23 bits per heavy atom. The second-order valence-electron chi connectivity index (χ2n) is 5.90. The van der Waals surface area contributed by atoms with Crippen LogP contribution in [-0.4, -0.2) is 24.3 Å². The van der Waals surface area contributed by atoms with E-state index in [0.717, 1.165) is 0 Å². The predicted molar refractivity (Wildman–Crippen MR) is 95.5 cm³/mol. The van der Waals surface area contributed by atoms with Crippen LogP contribution in [0.15, 0.2) is 42.5 Å². The van der Waals surface area contributed by atoms with Crippen LogP contribution in [-0.2, 0) is 9.59 Å². The molecule has 1 heterocycles.